The molecule has 0 aromatic rings. The van der Waals surface area contributed by atoms with Crippen molar-refractivity contribution in [2.24, 2.45) is 0 Å². The number of amides is 2. The molecule has 0 aromatic heterocycles. The number of hydrogen-bond acceptors (Lipinski definition) is 19. The molecular formula is C77H149N13O8. The maximum absolute atomic E-state index is 11.2. The fourth-order valence-electron chi connectivity index (χ4n) is 13.9. The van der Waals surface area contributed by atoms with Gasteiger partial charge in [0, 0.05) is 137 Å². The van der Waals surface area contributed by atoms with E-state index < -0.39 is 0 Å². The molecule has 21 nitrogen and oxygen atoms in total. The molecule has 6 atom stereocenters. The van der Waals surface area contributed by atoms with Crippen LogP contribution < -0.4 is 21.3 Å². The number of carbonyl (C=O) groups excluding carboxylic acids is 6. The fraction of sp³-hybridized carbons (Fsp3) is 0.818. The molecule has 0 saturated carbocycles. The summed E-state index contributed by atoms with van der Waals surface area (Å²) in [5.74, 6) is 2.27. The first kappa shape index (κ1) is 93.4. The van der Waals surface area contributed by atoms with Crippen molar-refractivity contribution in [1.29, 1.82) is 0 Å². The number of Topliss-reactive ketones (excluding diaryl/α,β-unsaturated/α-hetero) is 4. The van der Waals surface area contributed by atoms with Gasteiger partial charge in [-0.25, -0.2) is 0 Å². The van der Waals surface area contributed by atoms with E-state index in [0.29, 0.717) is 105 Å². The Morgan fingerprint density at radius 2 is 0.857 bits per heavy atom. The Kier molecular flexibility index (Phi) is 44.0. The molecule has 9 rings (SSSR count). The fourth-order valence-corrected chi connectivity index (χ4v) is 13.9. The van der Waals surface area contributed by atoms with Gasteiger partial charge in [0.2, 0.25) is 11.8 Å². The first-order valence-corrected chi connectivity index (χ1v) is 36.9. The molecule has 0 aromatic carbocycles. The van der Waals surface area contributed by atoms with Gasteiger partial charge in [-0.05, 0) is 231 Å². The molecule has 0 bridgehead atoms. The summed E-state index contributed by atoms with van der Waals surface area (Å²) in [4.78, 5) is 86.4. The molecule has 0 radical (unpaired) electrons. The number of aliphatic hydroxyl groups excluding tert-OH is 2. The SMILES string of the molecule is C.C=C1CCCN1C(C)C.C=C1CN(C(C)C)CC(=O)N1.C=C1NCCN(C(C)C)C1(C)C.C=C1NCCN1C(C)C.CC(=O)[C@@H]1CCCN1C(C)C.CC(=O)[C@@H]1C[C@@H](O)CN1C(C)C.CC(=O)[C@H]1CCCN1C(C)C.CC(=O)[C@H]1C[C@H](O)CN1C(C)C.CC(C)N1CCNC(=O)C1. The Balaban J connectivity index is 0.00000108. The lowest BCUT2D eigenvalue weighted by molar-refractivity contribution is -0.125. The third-order valence-electron chi connectivity index (χ3n) is 19.7. The highest BCUT2D eigenvalue weighted by Gasteiger charge is 2.38. The minimum atomic E-state index is -0.318. The summed E-state index contributed by atoms with van der Waals surface area (Å²) in [6.07, 6.45) is 7.57. The molecule has 9 fully saturated rings. The van der Waals surface area contributed by atoms with E-state index in [-0.39, 0.29) is 72.7 Å². The van der Waals surface area contributed by atoms with Crippen LogP contribution in [0.5, 0.6) is 0 Å². The standard InChI is InChI=1S/C10H20N2.2C9H17NO2.2C9H17NO.C8H14N2O.C8H15N.C7H14N2O.C7H14N2.CH4/c1-8(2)12-7-6-11-9(3)10(12,4)5;2*1-6(2)10-5-8(12)4-9(10)7(3)11;2*1-7(2)10-6-4-5-9(10)8(3)11;1-6(2)10-4-7(3)9-8(11)5-10;1-7(2)9-6-4-5-8(9)3;1-6(2)9-4-3-8-7(10)5-9;1-6(2)9-5-4-8-7(9)3;/h8,11H,3,6-7H2,1-2,4-5H3;2*6,8-9,12H,4-5H2,1-3H3;2*7,9H,4-6H2,1-3H3;6H,3-5H2,1-2H3,(H,9,11);7H,3-6H2,1-2H3;6H,3-5H2,1-2H3,(H,8,10);6,8H,3-5H2,1-2H3;1H4/t;2*8-,9+;2*9-;;;;;/m.1010...../s1. The van der Waals surface area contributed by atoms with Gasteiger partial charge < -0.3 is 41.3 Å². The quantitative estimate of drug-likeness (QED) is 0.101. The number of carbonyl (C=O) groups is 6. The van der Waals surface area contributed by atoms with E-state index in [0.717, 1.165) is 89.0 Å². The zero-order valence-electron chi connectivity index (χ0n) is 65.9. The van der Waals surface area contributed by atoms with Crippen molar-refractivity contribution in [1.82, 2.24) is 65.4 Å². The Labute approximate surface area is 598 Å². The molecule has 9 aliphatic heterocycles. The second-order valence-corrected chi connectivity index (χ2v) is 30.7. The van der Waals surface area contributed by atoms with Crippen LogP contribution in [0.15, 0.2) is 49.2 Å². The Morgan fingerprint density at radius 1 is 0.449 bits per heavy atom. The summed E-state index contributed by atoms with van der Waals surface area (Å²) in [6, 6.07) is 4.80. The number of nitrogens with one attached hydrogen (secondary N) is 4. The van der Waals surface area contributed by atoms with E-state index in [9.17, 15) is 39.0 Å². The highest BCUT2D eigenvalue weighted by atomic mass is 16.3. The molecule has 6 N–H and O–H groups in total. The van der Waals surface area contributed by atoms with Crippen LogP contribution in [-0.4, -0.2) is 277 Å². The Morgan fingerprint density at radius 3 is 1.12 bits per heavy atom. The molecule has 98 heavy (non-hydrogen) atoms. The zero-order chi connectivity index (χ0) is 74.5. The van der Waals surface area contributed by atoms with Crippen molar-refractivity contribution in [3.63, 3.8) is 0 Å². The summed E-state index contributed by atoms with van der Waals surface area (Å²) in [6.45, 7) is 77.8. The first-order chi connectivity index (χ1) is 45.0. The lowest BCUT2D eigenvalue weighted by Gasteiger charge is -2.46. The smallest absolute Gasteiger partial charge is 0.238 e. The number of rotatable bonds is 13. The van der Waals surface area contributed by atoms with E-state index in [4.69, 9.17) is 0 Å². The third-order valence-corrected chi connectivity index (χ3v) is 19.7. The summed E-state index contributed by atoms with van der Waals surface area (Å²) in [5, 5.41) is 30.7. The topological polar surface area (TPSA) is 220 Å². The average molecular weight is 1390 g/mol. The molecule has 9 saturated heterocycles. The lowest BCUT2D eigenvalue weighted by Crippen LogP contribution is -2.58. The van der Waals surface area contributed by atoms with Gasteiger partial charge in [0.15, 0.2) is 0 Å². The highest BCUT2D eigenvalue weighted by Crippen LogP contribution is 2.27. The second kappa shape index (κ2) is 46.1. The lowest BCUT2D eigenvalue weighted by atomic mass is 9.94. The maximum Gasteiger partial charge on any atom is 0.238 e. The number of hydrogen-bond donors (Lipinski definition) is 6. The van der Waals surface area contributed by atoms with E-state index in [1.807, 2.05) is 27.7 Å². The number of allylic oxidation sites excluding steroid dienone is 1. The Hall–Kier alpha value is -4.58. The van der Waals surface area contributed by atoms with Crippen LogP contribution in [-0.2, 0) is 28.8 Å². The predicted octanol–water partition coefficient (Wildman–Crippen LogP) is 8.91. The maximum atomic E-state index is 11.2. The average Bonchev–Trinajstić information content (AvgIpc) is 1.20. The number of likely N-dealkylation sites (tertiary alicyclic amines) is 5. The number of nitrogens with zero attached hydrogens (tertiary/aromatic N) is 9. The van der Waals surface area contributed by atoms with E-state index in [2.05, 4.69) is 202 Å². The van der Waals surface area contributed by atoms with Crippen LogP contribution in [0.3, 0.4) is 0 Å². The highest BCUT2D eigenvalue weighted by molar-refractivity contribution is 5.83. The minimum Gasteiger partial charge on any atom is -0.392 e. The number of aliphatic hydroxyl groups is 2. The monoisotopic (exact) mass is 1380 g/mol. The summed E-state index contributed by atoms with van der Waals surface area (Å²) >= 11 is 0. The van der Waals surface area contributed by atoms with Gasteiger partial charge >= 0.3 is 0 Å². The van der Waals surface area contributed by atoms with Crippen molar-refractivity contribution >= 4 is 34.9 Å². The Bertz CT molecular complexity index is 2320. The molecule has 0 aliphatic carbocycles. The van der Waals surface area contributed by atoms with E-state index in [1.54, 1.807) is 27.7 Å². The van der Waals surface area contributed by atoms with Crippen molar-refractivity contribution in [3.05, 3.63) is 49.2 Å². The molecule has 0 spiro atoms. The van der Waals surface area contributed by atoms with Crippen LogP contribution in [0, 0.1) is 0 Å². The van der Waals surface area contributed by atoms with Crippen molar-refractivity contribution < 1.29 is 39.0 Å². The van der Waals surface area contributed by atoms with Crippen LogP contribution >= 0.6 is 0 Å². The van der Waals surface area contributed by atoms with Gasteiger partial charge in [-0.1, -0.05) is 33.7 Å². The largest absolute Gasteiger partial charge is 0.392 e. The molecule has 21 heteroatoms. The van der Waals surface area contributed by atoms with Crippen LogP contribution in [0.4, 0.5) is 0 Å². The van der Waals surface area contributed by atoms with Gasteiger partial charge in [-0.2, -0.15) is 0 Å². The van der Waals surface area contributed by atoms with Gasteiger partial charge in [-0.3, -0.25) is 63.1 Å². The molecule has 9 heterocycles. The van der Waals surface area contributed by atoms with E-state index in [1.165, 1.54) is 37.9 Å². The second-order valence-electron chi connectivity index (χ2n) is 30.7. The normalized spacial score (nSPS) is 24.6. The van der Waals surface area contributed by atoms with Gasteiger partial charge in [0.05, 0.1) is 60.8 Å². The van der Waals surface area contributed by atoms with Crippen LogP contribution in [0.2, 0.25) is 0 Å². The molecule has 9 aliphatic rings. The van der Waals surface area contributed by atoms with Gasteiger partial charge in [0.25, 0.3) is 0 Å². The molecular weight excluding hydrogens is 1230 g/mol. The minimum absolute atomic E-state index is 0. The first-order valence-electron chi connectivity index (χ1n) is 36.9. The van der Waals surface area contributed by atoms with E-state index >= 15 is 0 Å². The van der Waals surface area contributed by atoms with Crippen molar-refractivity contribution in [3.8, 4) is 0 Å². The summed E-state index contributed by atoms with van der Waals surface area (Å²) < 4.78 is 0. The van der Waals surface area contributed by atoms with Gasteiger partial charge in [0.1, 0.15) is 23.1 Å². The molecule has 570 valence electrons. The van der Waals surface area contributed by atoms with Crippen LogP contribution in [0.25, 0.3) is 0 Å². The zero-order valence-corrected chi connectivity index (χ0v) is 65.9. The van der Waals surface area contributed by atoms with Gasteiger partial charge in [-0.15, -0.1) is 0 Å². The summed E-state index contributed by atoms with van der Waals surface area (Å²) in [5.41, 5.74) is 3.37. The van der Waals surface area contributed by atoms with Crippen LogP contribution in [0.1, 0.15) is 225 Å². The number of piperazine rings is 3. The van der Waals surface area contributed by atoms with Crippen molar-refractivity contribution in [2.75, 3.05) is 91.6 Å². The third kappa shape index (κ3) is 32.6. The predicted molar refractivity (Wildman–Crippen MR) is 408 cm³/mol. The number of β-amino-alcohol motifs (C(OH)–C–C–N with tert-alkyl or cyclic N) is 2. The van der Waals surface area contributed by atoms with Crippen molar-refractivity contribution in [2.45, 2.75) is 321 Å². The summed E-state index contributed by atoms with van der Waals surface area (Å²) in [7, 11) is 0. The molecule has 2 amide bonds. The molecule has 0 unspecified atom stereocenters. The number of ketones is 4.